The summed E-state index contributed by atoms with van der Waals surface area (Å²) in [6.45, 7) is 3.73. The van der Waals surface area contributed by atoms with Gasteiger partial charge in [0.2, 0.25) is 5.95 Å². The van der Waals surface area contributed by atoms with Crippen LogP contribution >= 0.6 is 0 Å². The molecule has 0 saturated heterocycles. The maximum atomic E-state index is 4.30. The molecule has 0 radical (unpaired) electrons. The smallest absolute Gasteiger partial charge is 0.230 e. The van der Waals surface area contributed by atoms with Gasteiger partial charge in [-0.05, 0) is 55.7 Å². The van der Waals surface area contributed by atoms with Crippen molar-refractivity contribution in [1.29, 1.82) is 0 Å². The van der Waals surface area contributed by atoms with E-state index in [1.165, 1.54) is 11.1 Å². The summed E-state index contributed by atoms with van der Waals surface area (Å²) < 4.78 is 0. The van der Waals surface area contributed by atoms with Gasteiger partial charge in [0.05, 0.1) is 0 Å². The third-order valence-corrected chi connectivity index (χ3v) is 3.72. The highest BCUT2D eigenvalue weighted by Crippen LogP contribution is 2.17. The summed E-state index contributed by atoms with van der Waals surface area (Å²) >= 11 is 0. The first-order chi connectivity index (χ1) is 11.6. The third kappa shape index (κ3) is 4.07. The first kappa shape index (κ1) is 15.9. The Bertz CT molecular complexity index is 790. The number of rotatable bonds is 5. The van der Waals surface area contributed by atoms with E-state index in [0.29, 0.717) is 17.6 Å². The van der Waals surface area contributed by atoms with Gasteiger partial charge in [0.25, 0.3) is 0 Å². The second kappa shape index (κ2) is 7.08. The predicted octanol–water partition coefficient (Wildman–Crippen LogP) is 3.86. The van der Waals surface area contributed by atoms with Crippen LogP contribution in [0.15, 0.2) is 48.5 Å². The molecule has 0 fully saturated rings. The lowest BCUT2D eigenvalue weighted by Gasteiger charge is -2.08. The molecule has 1 heterocycles. The van der Waals surface area contributed by atoms with Gasteiger partial charge >= 0.3 is 0 Å². The molecule has 122 valence electrons. The maximum Gasteiger partial charge on any atom is 0.230 e. The number of aromatic nitrogens is 3. The van der Waals surface area contributed by atoms with Crippen molar-refractivity contribution in [1.82, 2.24) is 15.0 Å². The van der Waals surface area contributed by atoms with Gasteiger partial charge in [-0.25, -0.2) is 4.98 Å². The Kier molecular flexibility index (Phi) is 4.70. The molecule has 0 unspecified atom stereocenters. The van der Waals surface area contributed by atoms with Crippen LogP contribution in [0.1, 0.15) is 22.8 Å². The fourth-order valence-electron chi connectivity index (χ4n) is 2.53. The minimum absolute atomic E-state index is 0.579. The van der Waals surface area contributed by atoms with Crippen LogP contribution < -0.4 is 10.6 Å². The number of nitrogens with zero attached hydrogens (tertiary/aromatic N) is 3. The van der Waals surface area contributed by atoms with Gasteiger partial charge in [0.15, 0.2) is 0 Å². The van der Waals surface area contributed by atoms with Gasteiger partial charge in [0, 0.05) is 18.4 Å². The van der Waals surface area contributed by atoms with Crippen LogP contribution in [0.2, 0.25) is 0 Å². The molecule has 0 spiro atoms. The minimum Gasteiger partial charge on any atom is -0.388 e. The Morgan fingerprint density at radius 3 is 1.71 bits per heavy atom. The molecule has 0 aliphatic heterocycles. The maximum absolute atomic E-state index is 4.30. The molecule has 0 atom stereocenters. The molecular formula is C19H21N5. The molecule has 24 heavy (non-hydrogen) atoms. The van der Waals surface area contributed by atoms with E-state index in [-0.39, 0.29) is 0 Å². The van der Waals surface area contributed by atoms with Crippen LogP contribution in [-0.4, -0.2) is 22.0 Å². The highest BCUT2D eigenvalue weighted by Gasteiger charge is 2.02. The summed E-state index contributed by atoms with van der Waals surface area (Å²) in [4.78, 5) is 12.8. The van der Waals surface area contributed by atoms with Gasteiger partial charge in [-0.1, -0.05) is 24.3 Å². The molecular weight excluding hydrogens is 298 g/mol. The number of nitrogens with one attached hydrogen (secondary N) is 2. The average molecular weight is 319 g/mol. The molecule has 0 amide bonds. The van der Waals surface area contributed by atoms with Gasteiger partial charge < -0.3 is 10.6 Å². The van der Waals surface area contributed by atoms with E-state index in [9.17, 15) is 0 Å². The molecule has 0 saturated carbocycles. The Morgan fingerprint density at radius 2 is 1.21 bits per heavy atom. The van der Waals surface area contributed by atoms with E-state index < -0.39 is 0 Å². The van der Waals surface area contributed by atoms with Crippen molar-refractivity contribution >= 4 is 17.3 Å². The predicted molar refractivity (Wildman–Crippen MR) is 97.8 cm³/mol. The first-order valence-electron chi connectivity index (χ1n) is 7.94. The number of benzene rings is 2. The van der Waals surface area contributed by atoms with Crippen molar-refractivity contribution in [2.24, 2.45) is 0 Å². The van der Waals surface area contributed by atoms with Gasteiger partial charge in [-0.3, -0.25) is 0 Å². The van der Waals surface area contributed by atoms with Gasteiger partial charge in [-0.15, -0.1) is 0 Å². The van der Waals surface area contributed by atoms with E-state index in [0.717, 1.165) is 17.8 Å². The Hall–Kier alpha value is -2.95. The Balaban J connectivity index is 1.68. The summed E-state index contributed by atoms with van der Waals surface area (Å²) in [5.74, 6) is 2.01. The van der Waals surface area contributed by atoms with Crippen LogP contribution in [0.25, 0.3) is 0 Å². The van der Waals surface area contributed by atoms with E-state index in [1.807, 2.05) is 33.0 Å². The van der Waals surface area contributed by atoms with Crippen LogP contribution in [0, 0.1) is 13.8 Å². The molecule has 1 aromatic heterocycles. The lowest BCUT2D eigenvalue weighted by atomic mass is 10.0. The molecule has 3 rings (SSSR count). The molecule has 3 aromatic rings. The van der Waals surface area contributed by atoms with Crippen LogP contribution in [-0.2, 0) is 6.42 Å². The largest absolute Gasteiger partial charge is 0.388 e. The standard InChI is InChI=1S/C19H21N5/c1-13-21-14(2)23-19(22-13)24-18-10-6-16(7-11-18)12-15-4-8-17(20-3)9-5-15/h4-11,20H,12H2,1-3H3,(H,21,22,23,24). The minimum atomic E-state index is 0.579. The Morgan fingerprint density at radius 1 is 0.708 bits per heavy atom. The SMILES string of the molecule is CNc1ccc(Cc2ccc(Nc3nc(C)nc(C)n3)cc2)cc1. The molecule has 2 N–H and O–H groups in total. The fraction of sp³-hybridized carbons (Fsp3) is 0.211. The number of hydrogen-bond donors (Lipinski definition) is 2. The second-order valence-corrected chi connectivity index (χ2v) is 5.70. The topological polar surface area (TPSA) is 62.7 Å². The fourth-order valence-corrected chi connectivity index (χ4v) is 2.53. The highest BCUT2D eigenvalue weighted by atomic mass is 15.2. The van der Waals surface area contributed by atoms with Crippen molar-refractivity contribution in [3.63, 3.8) is 0 Å². The second-order valence-electron chi connectivity index (χ2n) is 5.70. The molecule has 5 nitrogen and oxygen atoms in total. The monoisotopic (exact) mass is 319 g/mol. The lowest BCUT2D eigenvalue weighted by molar-refractivity contribution is 0.928. The van der Waals surface area contributed by atoms with Crippen molar-refractivity contribution < 1.29 is 0 Å². The average Bonchev–Trinajstić information content (AvgIpc) is 2.56. The zero-order chi connectivity index (χ0) is 16.9. The van der Waals surface area contributed by atoms with Crippen molar-refractivity contribution in [2.45, 2.75) is 20.3 Å². The van der Waals surface area contributed by atoms with Crippen LogP contribution in [0.4, 0.5) is 17.3 Å². The van der Waals surface area contributed by atoms with Gasteiger partial charge in [-0.2, -0.15) is 9.97 Å². The summed E-state index contributed by atoms with van der Waals surface area (Å²) in [5, 5.41) is 6.35. The van der Waals surface area contributed by atoms with Gasteiger partial charge in [0.1, 0.15) is 11.6 Å². The van der Waals surface area contributed by atoms with Crippen molar-refractivity contribution in [2.75, 3.05) is 17.7 Å². The summed E-state index contributed by atoms with van der Waals surface area (Å²) in [7, 11) is 1.93. The van der Waals surface area contributed by atoms with E-state index >= 15 is 0 Å². The van der Waals surface area contributed by atoms with Crippen molar-refractivity contribution in [3.8, 4) is 0 Å². The summed E-state index contributed by atoms with van der Waals surface area (Å²) in [6.07, 6.45) is 0.911. The van der Waals surface area contributed by atoms with E-state index in [1.54, 1.807) is 0 Å². The number of aryl methyl sites for hydroxylation is 2. The van der Waals surface area contributed by atoms with Crippen LogP contribution in [0.5, 0.6) is 0 Å². The lowest BCUT2D eigenvalue weighted by Crippen LogP contribution is -2.02. The third-order valence-electron chi connectivity index (χ3n) is 3.72. The summed E-state index contributed by atoms with van der Waals surface area (Å²) in [5.41, 5.74) is 4.65. The zero-order valence-corrected chi connectivity index (χ0v) is 14.2. The highest BCUT2D eigenvalue weighted by molar-refractivity contribution is 5.54. The normalized spacial score (nSPS) is 10.5. The molecule has 5 heteroatoms. The first-order valence-corrected chi connectivity index (χ1v) is 7.94. The van der Waals surface area contributed by atoms with Crippen molar-refractivity contribution in [3.05, 3.63) is 71.3 Å². The molecule has 2 aromatic carbocycles. The Labute approximate surface area is 142 Å². The number of anilines is 3. The molecule has 0 bridgehead atoms. The molecule has 0 aliphatic carbocycles. The quantitative estimate of drug-likeness (QED) is 0.747. The zero-order valence-electron chi connectivity index (χ0n) is 14.2. The van der Waals surface area contributed by atoms with Crippen LogP contribution in [0.3, 0.4) is 0 Å². The van der Waals surface area contributed by atoms with E-state index in [4.69, 9.17) is 0 Å². The summed E-state index contributed by atoms with van der Waals surface area (Å²) in [6, 6.07) is 16.8. The molecule has 0 aliphatic rings. The van der Waals surface area contributed by atoms with E-state index in [2.05, 4.69) is 62.0 Å². The number of hydrogen-bond acceptors (Lipinski definition) is 5.